The van der Waals surface area contributed by atoms with Gasteiger partial charge in [-0.05, 0) is 0 Å². The molecule has 0 radical (unpaired) electrons. The molecule has 28 heavy (non-hydrogen) atoms. The van der Waals surface area contributed by atoms with Crippen molar-refractivity contribution in [2.24, 2.45) is 23.7 Å². The summed E-state index contributed by atoms with van der Waals surface area (Å²) in [6, 6.07) is 1.29. The Balaban J connectivity index is 0.00000122. The van der Waals surface area contributed by atoms with Crippen molar-refractivity contribution in [1.82, 2.24) is 0 Å². The third-order valence-corrected chi connectivity index (χ3v) is 7.33. The third kappa shape index (κ3) is 9.15. The van der Waals surface area contributed by atoms with Gasteiger partial charge in [0, 0.05) is 0 Å². The van der Waals surface area contributed by atoms with Gasteiger partial charge in [-0.3, -0.25) is 0 Å². The fraction of sp³-hybridized carbons (Fsp3) is 1.00. The number of rotatable bonds is 10. The first-order valence-corrected chi connectivity index (χ1v) is 16.3. The van der Waals surface area contributed by atoms with Gasteiger partial charge in [0.15, 0.2) is 0 Å². The quantitative estimate of drug-likeness (QED) is 0.227. The molecule has 2 aliphatic rings. The van der Waals surface area contributed by atoms with Gasteiger partial charge in [-0.25, -0.2) is 0 Å². The number of hydrogen-bond acceptors (Lipinski definition) is 0. The molecule has 0 aromatic carbocycles. The molecule has 2 saturated carbocycles. The predicted octanol–water partition coefficient (Wildman–Crippen LogP) is 8.71. The molecule has 0 amide bonds. The van der Waals surface area contributed by atoms with E-state index in [9.17, 15) is 0 Å². The zero-order valence-electron chi connectivity index (χ0n) is 18.8. The van der Waals surface area contributed by atoms with Crippen LogP contribution >= 0.6 is 18.6 Å². The molecular formula is C23H44Cl2N2Ti-2. The summed E-state index contributed by atoms with van der Waals surface area (Å²) in [6.45, 7) is 11.5. The van der Waals surface area contributed by atoms with E-state index < -0.39 is 17.0 Å². The fourth-order valence-electron chi connectivity index (χ4n) is 5.67. The molecule has 2 rings (SSSR count). The van der Waals surface area contributed by atoms with E-state index in [-0.39, 0.29) is 0 Å². The normalized spacial score (nSPS) is 33.1. The summed E-state index contributed by atoms with van der Waals surface area (Å²) < 4.78 is 0. The zero-order chi connectivity index (χ0) is 20.8. The molecule has 4 unspecified atom stereocenters. The number of hydrogen-bond donors (Lipinski definition) is 0. The first-order valence-electron chi connectivity index (χ1n) is 12.0. The van der Waals surface area contributed by atoms with Crippen LogP contribution in [0, 0.1) is 23.7 Å². The molecule has 2 fully saturated rings. The fourth-order valence-corrected chi connectivity index (χ4v) is 5.67. The van der Waals surface area contributed by atoms with Gasteiger partial charge in [0.25, 0.3) is 0 Å². The van der Waals surface area contributed by atoms with Crippen LogP contribution in [0.2, 0.25) is 0 Å². The summed E-state index contributed by atoms with van der Waals surface area (Å²) in [7, 11) is 9.78. The average Bonchev–Trinajstić information content (AvgIpc) is 2.73. The summed E-state index contributed by atoms with van der Waals surface area (Å²) in [4.78, 5) is 0. The van der Waals surface area contributed by atoms with Crippen LogP contribution in [-0.2, 0) is 17.0 Å². The summed E-state index contributed by atoms with van der Waals surface area (Å²) in [5.74, 6) is 3.40. The standard InChI is InChI=1S/C23H44N2.2ClH.Ti/c1-5-18-12-9-13-19(6-2)22(18)24-16-11-17-25-23-20(7-3)14-10-15-21(23)8-4;;;/h18-23H,5-17H2,1-4H3;2*1H;/q-2;;;+2/p-2. The Morgan fingerprint density at radius 1 is 0.643 bits per heavy atom. The van der Waals surface area contributed by atoms with E-state index >= 15 is 0 Å². The summed E-state index contributed by atoms with van der Waals surface area (Å²) in [6.07, 6.45) is 14.9. The second-order valence-electron chi connectivity index (χ2n) is 8.75. The van der Waals surface area contributed by atoms with Crippen molar-refractivity contribution < 1.29 is 17.0 Å². The van der Waals surface area contributed by atoms with Crippen LogP contribution in [0.25, 0.3) is 10.6 Å². The van der Waals surface area contributed by atoms with Crippen molar-refractivity contribution in [3.63, 3.8) is 0 Å². The molecule has 0 N–H and O–H groups in total. The van der Waals surface area contributed by atoms with E-state index in [1.54, 1.807) is 0 Å². The molecule has 0 saturated heterocycles. The van der Waals surface area contributed by atoms with Crippen LogP contribution in [0.4, 0.5) is 0 Å². The molecule has 0 aromatic rings. The van der Waals surface area contributed by atoms with Crippen molar-refractivity contribution in [2.75, 3.05) is 13.1 Å². The zero-order valence-corrected chi connectivity index (χ0v) is 21.9. The molecule has 0 aliphatic heterocycles. The second kappa shape index (κ2) is 16.9. The van der Waals surface area contributed by atoms with Crippen LogP contribution in [-0.4, -0.2) is 25.2 Å². The first-order chi connectivity index (χ1) is 13.7. The van der Waals surface area contributed by atoms with Crippen LogP contribution in [0.3, 0.4) is 0 Å². The van der Waals surface area contributed by atoms with Gasteiger partial charge in [0.2, 0.25) is 0 Å². The number of nitrogens with zero attached hydrogens (tertiary/aromatic N) is 2. The SMILES string of the molecule is CCC1CCCC(CC)C1[N-]CCC[N-]C1C(CC)CCCC1CC.[Cl][Ti][Cl]. The second-order valence-corrected chi connectivity index (χ2v) is 11.3. The van der Waals surface area contributed by atoms with Crippen molar-refractivity contribution >= 4 is 18.6 Å². The van der Waals surface area contributed by atoms with Gasteiger partial charge < -0.3 is 10.6 Å². The first kappa shape index (κ1) is 27.2. The van der Waals surface area contributed by atoms with Gasteiger partial charge in [-0.1, -0.05) is 122 Å². The molecule has 0 aromatic heterocycles. The molecule has 2 nitrogen and oxygen atoms in total. The van der Waals surface area contributed by atoms with Gasteiger partial charge in [0.1, 0.15) is 0 Å². The summed E-state index contributed by atoms with van der Waals surface area (Å²) >= 11 is -0.556. The Kier molecular flexibility index (Phi) is 16.4. The van der Waals surface area contributed by atoms with E-state index in [1.807, 2.05) is 0 Å². The summed E-state index contributed by atoms with van der Waals surface area (Å²) in [5, 5.41) is 10.4. The minimum atomic E-state index is -0.556. The van der Waals surface area contributed by atoms with E-state index in [0.717, 1.165) is 36.8 Å². The van der Waals surface area contributed by atoms with Crippen LogP contribution in [0.1, 0.15) is 98.3 Å². The molecule has 2 aliphatic carbocycles. The van der Waals surface area contributed by atoms with E-state index in [0.29, 0.717) is 12.1 Å². The molecule has 0 spiro atoms. The Labute approximate surface area is 192 Å². The molecule has 4 atom stereocenters. The molecular weight excluding hydrogens is 423 g/mol. The Morgan fingerprint density at radius 3 is 1.18 bits per heavy atom. The molecule has 5 heteroatoms. The van der Waals surface area contributed by atoms with Crippen LogP contribution in [0.5, 0.6) is 0 Å². The number of halogens is 2. The molecule has 166 valence electrons. The van der Waals surface area contributed by atoms with Crippen molar-refractivity contribution in [3.05, 3.63) is 10.6 Å². The van der Waals surface area contributed by atoms with Gasteiger partial charge in [-0.2, -0.15) is 13.1 Å². The van der Waals surface area contributed by atoms with E-state index in [4.69, 9.17) is 29.2 Å². The maximum atomic E-state index is 5.19. The van der Waals surface area contributed by atoms with Crippen molar-refractivity contribution in [1.29, 1.82) is 0 Å². The third-order valence-electron chi connectivity index (χ3n) is 7.33. The van der Waals surface area contributed by atoms with Crippen molar-refractivity contribution in [3.8, 4) is 0 Å². The average molecular weight is 467 g/mol. The Bertz CT molecular complexity index is 317. The van der Waals surface area contributed by atoms with E-state index in [2.05, 4.69) is 27.7 Å². The molecule has 0 heterocycles. The van der Waals surface area contributed by atoms with E-state index in [1.165, 1.54) is 70.6 Å². The maximum absolute atomic E-state index is 5.19. The Morgan fingerprint density at radius 2 is 0.929 bits per heavy atom. The topological polar surface area (TPSA) is 28.2 Å². The van der Waals surface area contributed by atoms with Crippen LogP contribution in [0.15, 0.2) is 0 Å². The van der Waals surface area contributed by atoms with Crippen molar-refractivity contribution in [2.45, 2.75) is 110 Å². The minimum absolute atomic E-state index is 0.556. The van der Waals surface area contributed by atoms with Gasteiger partial charge in [-0.15, -0.1) is 12.1 Å². The van der Waals surface area contributed by atoms with Gasteiger partial charge in [0.05, 0.1) is 0 Å². The predicted molar refractivity (Wildman–Crippen MR) is 123 cm³/mol. The monoisotopic (exact) mass is 466 g/mol. The van der Waals surface area contributed by atoms with Gasteiger partial charge >= 0.3 is 35.6 Å². The Hall–Kier alpha value is 1.21. The van der Waals surface area contributed by atoms with Crippen LogP contribution < -0.4 is 0 Å². The molecule has 0 bridgehead atoms. The summed E-state index contributed by atoms with van der Waals surface area (Å²) in [5.41, 5.74) is 0.